The van der Waals surface area contributed by atoms with Gasteiger partial charge in [0.1, 0.15) is 35.0 Å². The number of nitrogen functional groups attached to an aromatic ring is 1. The summed E-state index contributed by atoms with van der Waals surface area (Å²) < 4.78 is 8.94. The molecule has 2 aliphatic heterocycles. The van der Waals surface area contributed by atoms with Crippen LogP contribution in [0.1, 0.15) is 13.8 Å². The molecule has 0 spiro atoms. The molecular formula is C31H32N8O4. The fourth-order valence-electron chi connectivity index (χ4n) is 5.59. The third kappa shape index (κ3) is 5.36. The number of hydrogen-bond donors (Lipinski definition) is 2. The van der Waals surface area contributed by atoms with E-state index in [0.717, 1.165) is 0 Å². The molecule has 2 aromatic heterocycles. The van der Waals surface area contributed by atoms with Gasteiger partial charge in [-0.3, -0.25) is 18.8 Å². The summed E-state index contributed by atoms with van der Waals surface area (Å²) in [5.41, 5.74) is 6.84. The molecule has 6 rings (SSSR count). The smallest absolute Gasteiger partial charge is 0.335 e. The van der Waals surface area contributed by atoms with Crippen molar-refractivity contribution in [3.8, 4) is 23.3 Å². The molecule has 0 aliphatic carbocycles. The Morgan fingerprint density at radius 3 is 2.42 bits per heavy atom. The van der Waals surface area contributed by atoms with Gasteiger partial charge in [-0.1, -0.05) is 18.2 Å². The van der Waals surface area contributed by atoms with E-state index < -0.39 is 5.54 Å². The van der Waals surface area contributed by atoms with E-state index in [2.05, 4.69) is 9.97 Å². The molecule has 220 valence electrons. The molecule has 0 bridgehead atoms. The summed E-state index contributed by atoms with van der Waals surface area (Å²) in [5.74, 6) is 1.14. The Balaban J connectivity index is 1.20. The Bertz CT molecular complexity index is 1790. The third-order valence-electron chi connectivity index (χ3n) is 8.02. The quantitative estimate of drug-likeness (QED) is 0.236. The van der Waals surface area contributed by atoms with E-state index in [4.69, 9.17) is 10.5 Å². The van der Waals surface area contributed by atoms with Crippen LogP contribution in [-0.4, -0.2) is 77.7 Å². The SMILES string of the molecule is CC(C)(C=C(C#N)C(=O)N1CC(Cn2c(=O)n(-c3ccc(Oc4ccccc4)cc3)c3c(N)ncnc32)C1)N1CC(O)C1. The van der Waals surface area contributed by atoms with Crippen LogP contribution in [0.25, 0.3) is 16.9 Å². The lowest BCUT2D eigenvalue weighted by Crippen LogP contribution is -2.59. The number of aromatic nitrogens is 4. The Morgan fingerprint density at radius 2 is 1.77 bits per heavy atom. The Kier molecular flexibility index (Phi) is 7.21. The van der Waals surface area contributed by atoms with Crippen molar-refractivity contribution in [2.75, 3.05) is 31.9 Å². The van der Waals surface area contributed by atoms with Crippen molar-refractivity contribution in [1.82, 2.24) is 28.9 Å². The highest BCUT2D eigenvalue weighted by atomic mass is 16.5. The number of imidazole rings is 1. The second-order valence-electron chi connectivity index (χ2n) is 11.5. The van der Waals surface area contributed by atoms with Crippen LogP contribution in [0.4, 0.5) is 5.82 Å². The van der Waals surface area contributed by atoms with E-state index in [1.807, 2.05) is 55.1 Å². The van der Waals surface area contributed by atoms with Gasteiger partial charge in [0, 0.05) is 44.2 Å². The van der Waals surface area contributed by atoms with Gasteiger partial charge >= 0.3 is 5.69 Å². The normalized spacial score (nSPS) is 16.5. The summed E-state index contributed by atoms with van der Waals surface area (Å²) in [5, 5.41) is 19.4. The molecule has 3 N–H and O–H groups in total. The number of carbonyl (C=O) groups is 1. The largest absolute Gasteiger partial charge is 0.457 e. The first-order valence-corrected chi connectivity index (χ1v) is 14.0. The van der Waals surface area contributed by atoms with Crippen molar-refractivity contribution in [1.29, 1.82) is 5.26 Å². The maximum absolute atomic E-state index is 13.8. The molecular weight excluding hydrogens is 548 g/mol. The number of nitrogens with zero attached hydrogens (tertiary/aromatic N) is 7. The first-order chi connectivity index (χ1) is 20.6. The zero-order valence-electron chi connectivity index (χ0n) is 23.9. The number of anilines is 1. The topological polar surface area (TPSA) is 156 Å². The molecule has 1 amide bonds. The molecule has 0 radical (unpaired) electrons. The summed E-state index contributed by atoms with van der Waals surface area (Å²) in [4.78, 5) is 39.0. The summed E-state index contributed by atoms with van der Waals surface area (Å²) in [6.45, 7) is 5.96. The molecule has 4 aromatic rings. The molecule has 12 heteroatoms. The van der Waals surface area contributed by atoms with Gasteiger partial charge < -0.3 is 20.5 Å². The summed E-state index contributed by atoms with van der Waals surface area (Å²) >= 11 is 0. The van der Waals surface area contributed by atoms with Gasteiger partial charge in [0.15, 0.2) is 11.5 Å². The summed E-state index contributed by atoms with van der Waals surface area (Å²) in [7, 11) is 0. The van der Waals surface area contributed by atoms with Crippen LogP contribution in [-0.2, 0) is 11.3 Å². The summed E-state index contributed by atoms with van der Waals surface area (Å²) in [6, 6.07) is 18.6. The van der Waals surface area contributed by atoms with Gasteiger partial charge in [-0.2, -0.15) is 5.26 Å². The second-order valence-corrected chi connectivity index (χ2v) is 11.5. The predicted molar refractivity (Wildman–Crippen MR) is 159 cm³/mol. The lowest BCUT2D eigenvalue weighted by atomic mass is 9.93. The van der Waals surface area contributed by atoms with Crippen LogP contribution in [0.3, 0.4) is 0 Å². The molecule has 0 atom stereocenters. The second kappa shape index (κ2) is 11.0. The van der Waals surface area contributed by atoms with Gasteiger partial charge in [0.25, 0.3) is 5.91 Å². The highest BCUT2D eigenvalue weighted by molar-refractivity contribution is 5.98. The van der Waals surface area contributed by atoms with Crippen molar-refractivity contribution in [2.24, 2.45) is 5.92 Å². The number of nitriles is 1. The van der Waals surface area contributed by atoms with Crippen LogP contribution in [0.2, 0.25) is 0 Å². The monoisotopic (exact) mass is 580 g/mol. The number of fused-ring (bicyclic) bond motifs is 1. The average Bonchev–Trinajstić information content (AvgIpc) is 3.24. The van der Waals surface area contributed by atoms with E-state index in [-0.39, 0.29) is 35.0 Å². The lowest BCUT2D eigenvalue weighted by molar-refractivity contribution is -0.133. The minimum Gasteiger partial charge on any atom is -0.457 e. The first-order valence-electron chi connectivity index (χ1n) is 14.0. The number of para-hydroxylation sites is 1. The number of nitrogens with two attached hydrogens (primary N) is 1. The fourth-order valence-corrected chi connectivity index (χ4v) is 5.59. The number of rotatable bonds is 8. The molecule has 2 aliphatic rings. The van der Waals surface area contributed by atoms with Crippen LogP contribution in [0.15, 0.2) is 77.4 Å². The third-order valence-corrected chi connectivity index (χ3v) is 8.02. The van der Waals surface area contributed by atoms with Crippen LogP contribution in [0, 0.1) is 17.2 Å². The first kappa shape index (κ1) is 28.1. The maximum Gasteiger partial charge on any atom is 0.335 e. The van der Waals surface area contributed by atoms with Crippen molar-refractivity contribution in [3.63, 3.8) is 0 Å². The standard InChI is InChI=1S/C31H32N8O4/c1-31(2,37-17-23(40)18-37)12-21(13-32)29(41)36-14-20(15-36)16-38-28-26(27(33)34-19-35-28)39(30(38)42)22-8-10-25(11-9-22)43-24-6-4-3-5-7-24/h3-12,19-20,23,40H,14-18H2,1-2H3,(H2,33,34,35). The predicted octanol–water partition coefficient (Wildman–Crippen LogP) is 2.32. The van der Waals surface area contributed by atoms with Gasteiger partial charge in [0.2, 0.25) is 0 Å². The Morgan fingerprint density at radius 1 is 1.09 bits per heavy atom. The van der Waals surface area contributed by atoms with Crippen LogP contribution < -0.4 is 16.2 Å². The average molecular weight is 581 g/mol. The Labute approximate surface area is 247 Å². The van der Waals surface area contributed by atoms with Gasteiger partial charge in [-0.05, 0) is 56.3 Å². The Hall–Kier alpha value is -4.99. The van der Waals surface area contributed by atoms with Crippen molar-refractivity contribution in [3.05, 3.63) is 83.1 Å². The van der Waals surface area contributed by atoms with Crippen molar-refractivity contribution in [2.45, 2.75) is 32.0 Å². The maximum atomic E-state index is 13.8. The van der Waals surface area contributed by atoms with Crippen molar-refractivity contribution >= 4 is 22.9 Å². The highest BCUT2D eigenvalue weighted by Gasteiger charge is 2.38. The number of aliphatic hydroxyl groups excluding tert-OH is 1. The number of aliphatic hydroxyl groups is 1. The molecule has 2 aromatic carbocycles. The molecule has 0 saturated carbocycles. The van der Waals surface area contributed by atoms with Gasteiger partial charge in [0.05, 0.1) is 11.8 Å². The number of hydrogen-bond acceptors (Lipinski definition) is 9. The van der Waals surface area contributed by atoms with Crippen molar-refractivity contribution < 1.29 is 14.6 Å². The number of ether oxygens (including phenoxy) is 1. The van der Waals surface area contributed by atoms with Gasteiger partial charge in [-0.15, -0.1) is 0 Å². The minimum atomic E-state index is -0.537. The number of likely N-dealkylation sites (tertiary alicyclic amines) is 2. The van der Waals surface area contributed by atoms with E-state index in [1.165, 1.54) is 10.9 Å². The molecule has 0 unspecified atom stereocenters. The molecule has 12 nitrogen and oxygen atoms in total. The van der Waals surface area contributed by atoms with Crippen LogP contribution in [0.5, 0.6) is 11.5 Å². The number of amides is 1. The van der Waals surface area contributed by atoms with E-state index >= 15 is 0 Å². The molecule has 43 heavy (non-hydrogen) atoms. The van der Waals surface area contributed by atoms with E-state index in [0.29, 0.717) is 61.1 Å². The zero-order valence-corrected chi connectivity index (χ0v) is 23.9. The number of benzene rings is 2. The zero-order chi connectivity index (χ0) is 30.3. The van der Waals surface area contributed by atoms with Crippen LogP contribution >= 0.6 is 0 Å². The highest BCUT2D eigenvalue weighted by Crippen LogP contribution is 2.28. The molecule has 4 heterocycles. The van der Waals surface area contributed by atoms with E-state index in [1.54, 1.807) is 39.8 Å². The molecule has 2 saturated heterocycles. The molecule has 2 fully saturated rings. The fraction of sp³-hybridized carbons (Fsp3) is 0.323. The number of β-amino-alcohol motifs (C(OH)–C–C–N with tert-alkyl or cyclic N) is 1. The van der Waals surface area contributed by atoms with Gasteiger partial charge in [-0.25, -0.2) is 14.8 Å². The van der Waals surface area contributed by atoms with E-state index in [9.17, 15) is 20.0 Å². The number of carbonyl (C=O) groups excluding carboxylic acids is 1. The summed E-state index contributed by atoms with van der Waals surface area (Å²) in [6.07, 6.45) is 2.62. The minimum absolute atomic E-state index is 0.0166. The lowest BCUT2D eigenvalue weighted by Gasteiger charge is -2.46.